The number of benzene rings is 3. The summed E-state index contributed by atoms with van der Waals surface area (Å²) in [6.45, 7) is 4.99. The fourth-order valence-corrected chi connectivity index (χ4v) is 3.81. The zero-order valence-electron chi connectivity index (χ0n) is 19.2. The van der Waals surface area contributed by atoms with Gasteiger partial charge in [0.05, 0.1) is 10.9 Å². The third-order valence-electron chi connectivity index (χ3n) is 5.43. The van der Waals surface area contributed by atoms with E-state index in [1.165, 1.54) is 12.1 Å². The number of alkyl halides is 3. The SMILES string of the molecule is Cc1ccc(-c2oc3cc(C)cc(C)c3c(=O)c2OCC(=O)Nc2cccc(C(F)(F)F)c2)cc1. The van der Waals surface area contributed by atoms with Crippen molar-refractivity contribution in [3.8, 4) is 17.1 Å². The highest BCUT2D eigenvalue weighted by Crippen LogP contribution is 2.33. The van der Waals surface area contributed by atoms with E-state index in [1.807, 2.05) is 32.0 Å². The maximum absolute atomic E-state index is 13.4. The van der Waals surface area contributed by atoms with Gasteiger partial charge in [0.15, 0.2) is 12.4 Å². The predicted molar refractivity (Wildman–Crippen MR) is 128 cm³/mol. The largest absolute Gasteiger partial charge is 0.476 e. The number of ether oxygens (including phenoxy) is 1. The van der Waals surface area contributed by atoms with Crippen molar-refractivity contribution in [2.45, 2.75) is 26.9 Å². The van der Waals surface area contributed by atoms with Gasteiger partial charge in [-0.25, -0.2) is 0 Å². The molecule has 1 heterocycles. The van der Waals surface area contributed by atoms with Crippen molar-refractivity contribution in [2.24, 2.45) is 0 Å². The minimum absolute atomic E-state index is 0.0379. The second kappa shape index (κ2) is 9.29. The minimum Gasteiger partial charge on any atom is -0.476 e. The zero-order chi connectivity index (χ0) is 25.3. The molecular weight excluding hydrogens is 459 g/mol. The highest BCUT2D eigenvalue weighted by molar-refractivity contribution is 5.92. The van der Waals surface area contributed by atoms with E-state index in [1.54, 1.807) is 25.1 Å². The molecule has 1 aromatic heterocycles. The third-order valence-corrected chi connectivity index (χ3v) is 5.43. The van der Waals surface area contributed by atoms with E-state index in [9.17, 15) is 22.8 Å². The second-order valence-electron chi connectivity index (χ2n) is 8.33. The quantitative estimate of drug-likeness (QED) is 0.357. The predicted octanol–water partition coefficient (Wildman–Crippen LogP) is 6.42. The van der Waals surface area contributed by atoms with Crippen LogP contribution in [0.3, 0.4) is 0 Å². The first kappa shape index (κ1) is 24.1. The van der Waals surface area contributed by atoms with Crippen molar-refractivity contribution in [2.75, 3.05) is 11.9 Å². The van der Waals surface area contributed by atoms with E-state index in [2.05, 4.69) is 5.32 Å². The average molecular weight is 481 g/mol. The van der Waals surface area contributed by atoms with Gasteiger partial charge in [-0.2, -0.15) is 13.2 Å². The summed E-state index contributed by atoms with van der Waals surface area (Å²) in [5.74, 6) is -0.703. The number of hydrogen-bond acceptors (Lipinski definition) is 4. The molecule has 3 aromatic carbocycles. The van der Waals surface area contributed by atoms with Crippen LogP contribution in [0.5, 0.6) is 5.75 Å². The lowest BCUT2D eigenvalue weighted by Gasteiger charge is -2.14. The Hall–Kier alpha value is -4.07. The van der Waals surface area contributed by atoms with Crippen molar-refractivity contribution in [3.63, 3.8) is 0 Å². The van der Waals surface area contributed by atoms with Crippen LogP contribution in [0.4, 0.5) is 18.9 Å². The molecule has 180 valence electrons. The molecule has 35 heavy (non-hydrogen) atoms. The van der Waals surface area contributed by atoms with Gasteiger partial charge in [-0.15, -0.1) is 0 Å². The van der Waals surface area contributed by atoms with Crippen LogP contribution < -0.4 is 15.5 Å². The third kappa shape index (κ3) is 5.21. The highest BCUT2D eigenvalue weighted by Gasteiger charge is 2.30. The van der Waals surface area contributed by atoms with E-state index < -0.39 is 29.7 Å². The lowest BCUT2D eigenvalue weighted by molar-refractivity contribution is -0.137. The van der Waals surface area contributed by atoms with Gasteiger partial charge in [0, 0.05) is 11.3 Å². The molecule has 0 radical (unpaired) electrons. The number of fused-ring (bicyclic) bond motifs is 1. The van der Waals surface area contributed by atoms with Crippen LogP contribution in [-0.2, 0) is 11.0 Å². The minimum atomic E-state index is -4.54. The Morgan fingerprint density at radius 3 is 2.37 bits per heavy atom. The maximum Gasteiger partial charge on any atom is 0.416 e. The molecule has 1 amide bonds. The van der Waals surface area contributed by atoms with Gasteiger partial charge in [0.25, 0.3) is 5.91 Å². The van der Waals surface area contributed by atoms with Crippen LogP contribution in [0.2, 0.25) is 0 Å². The summed E-state index contributed by atoms with van der Waals surface area (Å²) >= 11 is 0. The van der Waals surface area contributed by atoms with Crippen LogP contribution in [0.1, 0.15) is 22.3 Å². The maximum atomic E-state index is 13.4. The van der Waals surface area contributed by atoms with Gasteiger partial charge < -0.3 is 14.5 Å². The number of rotatable bonds is 5. The standard InChI is InChI=1S/C27H22F3NO4/c1-15-7-9-18(10-8-15)25-26(24(33)23-17(3)11-16(2)12-21(23)35-25)34-14-22(32)31-20-6-4-5-19(13-20)27(28,29)30/h4-13H,14H2,1-3H3,(H,31,32). The van der Waals surface area contributed by atoms with Crippen LogP contribution in [0, 0.1) is 20.8 Å². The fourth-order valence-electron chi connectivity index (χ4n) is 3.81. The second-order valence-corrected chi connectivity index (χ2v) is 8.33. The summed E-state index contributed by atoms with van der Waals surface area (Å²) in [7, 11) is 0. The molecule has 1 N–H and O–H groups in total. The number of amides is 1. The number of hydrogen-bond donors (Lipinski definition) is 1. The average Bonchev–Trinajstić information content (AvgIpc) is 2.78. The van der Waals surface area contributed by atoms with E-state index in [4.69, 9.17) is 9.15 Å². The molecule has 8 heteroatoms. The number of carbonyl (C=O) groups excluding carboxylic acids is 1. The van der Waals surface area contributed by atoms with Gasteiger partial charge in [0.1, 0.15) is 5.58 Å². The first-order chi connectivity index (χ1) is 16.5. The molecule has 0 spiro atoms. The first-order valence-corrected chi connectivity index (χ1v) is 10.8. The first-order valence-electron chi connectivity index (χ1n) is 10.8. The molecule has 4 rings (SSSR count). The number of halogens is 3. The highest BCUT2D eigenvalue weighted by atomic mass is 19.4. The van der Waals surface area contributed by atoms with Gasteiger partial charge in [-0.05, 0) is 56.2 Å². The molecule has 0 fully saturated rings. The molecule has 0 unspecified atom stereocenters. The molecule has 0 bridgehead atoms. The summed E-state index contributed by atoms with van der Waals surface area (Å²) in [6, 6.07) is 15.1. The Labute approximate surface area is 199 Å². The van der Waals surface area contributed by atoms with Crippen LogP contribution in [-0.4, -0.2) is 12.5 Å². The van der Waals surface area contributed by atoms with Gasteiger partial charge >= 0.3 is 6.18 Å². The Morgan fingerprint density at radius 1 is 0.971 bits per heavy atom. The van der Waals surface area contributed by atoms with Crippen molar-refractivity contribution in [1.29, 1.82) is 0 Å². The van der Waals surface area contributed by atoms with Gasteiger partial charge in [0.2, 0.25) is 11.2 Å². The molecule has 0 aliphatic carbocycles. The van der Waals surface area contributed by atoms with Crippen LogP contribution in [0.15, 0.2) is 69.9 Å². The smallest absolute Gasteiger partial charge is 0.416 e. The lowest BCUT2D eigenvalue weighted by Crippen LogP contribution is -2.23. The Kier molecular flexibility index (Phi) is 6.39. The molecule has 0 aliphatic rings. The molecule has 0 aliphatic heterocycles. The van der Waals surface area contributed by atoms with E-state index in [0.29, 0.717) is 22.1 Å². The number of aryl methyl sites for hydroxylation is 3. The normalized spacial score (nSPS) is 11.5. The topological polar surface area (TPSA) is 68.5 Å². The summed E-state index contributed by atoms with van der Waals surface area (Å²) in [4.78, 5) is 25.9. The van der Waals surface area contributed by atoms with Gasteiger partial charge in [-0.1, -0.05) is 42.0 Å². The van der Waals surface area contributed by atoms with Crippen LogP contribution >= 0.6 is 0 Å². The molecule has 5 nitrogen and oxygen atoms in total. The molecule has 0 saturated heterocycles. The molecular formula is C27H22F3NO4. The number of anilines is 1. The summed E-state index contributed by atoms with van der Waals surface area (Å²) < 4.78 is 50.6. The number of nitrogens with one attached hydrogen (secondary N) is 1. The monoisotopic (exact) mass is 481 g/mol. The van der Waals surface area contributed by atoms with Crippen LogP contribution in [0.25, 0.3) is 22.3 Å². The summed E-state index contributed by atoms with van der Waals surface area (Å²) in [5, 5.41) is 2.70. The fraction of sp³-hybridized carbons (Fsp3) is 0.185. The Bertz CT molecular complexity index is 1470. The summed E-state index contributed by atoms with van der Waals surface area (Å²) in [6.07, 6.45) is -4.54. The van der Waals surface area contributed by atoms with Crippen molar-refractivity contribution < 1.29 is 27.1 Å². The van der Waals surface area contributed by atoms with Gasteiger partial charge in [-0.3, -0.25) is 9.59 Å². The zero-order valence-corrected chi connectivity index (χ0v) is 19.2. The molecule has 4 aromatic rings. The number of carbonyl (C=O) groups is 1. The molecule has 0 atom stereocenters. The molecule has 0 saturated carbocycles. The summed E-state index contributed by atoms with van der Waals surface area (Å²) in [5.41, 5.74) is 2.23. The van der Waals surface area contributed by atoms with Crippen molar-refractivity contribution >= 4 is 22.6 Å². The lowest BCUT2D eigenvalue weighted by atomic mass is 10.0. The van der Waals surface area contributed by atoms with E-state index in [0.717, 1.165) is 23.3 Å². The Balaban J connectivity index is 1.68. The van der Waals surface area contributed by atoms with E-state index >= 15 is 0 Å². The Morgan fingerprint density at radius 2 is 1.69 bits per heavy atom. The van der Waals surface area contributed by atoms with E-state index in [-0.39, 0.29) is 17.2 Å². The van der Waals surface area contributed by atoms with Crippen molar-refractivity contribution in [3.05, 3.63) is 93.1 Å². The van der Waals surface area contributed by atoms with Crippen molar-refractivity contribution in [1.82, 2.24) is 0 Å².